The molecule has 250 valence electrons. The monoisotopic (exact) mass is 658 g/mol. The van der Waals surface area contributed by atoms with Gasteiger partial charge in [-0.1, -0.05) is 123 Å². The highest BCUT2D eigenvalue weighted by atomic mass is 16.5. The lowest BCUT2D eigenvalue weighted by Gasteiger charge is -2.30. The van der Waals surface area contributed by atoms with Crippen LogP contribution in [0, 0.1) is 6.92 Å². The largest absolute Gasteiger partial charge is 0.483 e. The lowest BCUT2D eigenvalue weighted by Crippen LogP contribution is -2.28. The first-order valence-electron chi connectivity index (χ1n) is 17.2. The molecule has 50 heavy (non-hydrogen) atoms. The van der Waals surface area contributed by atoms with Crippen LogP contribution in [0.2, 0.25) is 0 Å². The molecule has 0 saturated carbocycles. The van der Waals surface area contributed by atoms with Crippen molar-refractivity contribution in [3.8, 4) is 28.4 Å². The maximum absolute atomic E-state index is 13.0. The summed E-state index contributed by atoms with van der Waals surface area (Å²) in [5.41, 5.74) is 7.55. The molecule has 0 fully saturated rings. The number of hydrogen-bond donors (Lipinski definition) is 0. The van der Waals surface area contributed by atoms with Crippen LogP contribution in [0.25, 0.3) is 11.1 Å². The molecule has 1 atom stereocenters. The third kappa shape index (κ3) is 7.76. The quantitative estimate of drug-likeness (QED) is 0.123. The highest BCUT2D eigenvalue weighted by molar-refractivity contribution is 6.09. The normalized spacial score (nSPS) is 12.3. The molecule has 0 aliphatic rings. The predicted octanol–water partition coefficient (Wildman–Crippen LogP) is 11.7. The minimum absolute atomic E-state index is 0.00660. The first kappa shape index (κ1) is 34.1. The van der Waals surface area contributed by atoms with E-state index in [1.807, 2.05) is 128 Å². The van der Waals surface area contributed by atoms with Crippen molar-refractivity contribution in [2.24, 2.45) is 0 Å². The molecule has 0 saturated heterocycles. The lowest BCUT2D eigenvalue weighted by atomic mass is 9.91. The summed E-state index contributed by atoms with van der Waals surface area (Å²) in [5.74, 6) is 2.57. The number of carbonyl (C=O) groups excluding carboxylic acids is 2. The zero-order chi connectivity index (χ0) is 35.3. The van der Waals surface area contributed by atoms with E-state index in [0.29, 0.717) is 39.7 Å². The van der Waals surface area contributed by atoms with Crippen molar-refractivity contribution < 1.29 is 19.1 Å². The molecule has 0 heterocycles. The lowest BCUT2D eigenvalue weighted by molar-refractivity contribution is 0.0825. The Morgan fingerprint density at radius 3 is 1.36 bits per heavy atom. The van der Waals surface area contributed by atoms with Crippen LogP contribution < -0.4 is 9.47 Å². The Morgan fingerprint density at radius 2 is 0.920 bits per heavy atom. The average molecular weight is 659 g/mol. The second-order valence-electron chi connectivity index (χ2n) is 13.2. The second kappa shape index (κ2) is 14.8. The number of carbonyl (C=O) groups is 2. The molecule has 6 aromatic carbocycles. The molecule has 6 rings (SSSR count). The van der Waals surface area contributed by atoms with Crippen molar-refractivity contribution in [3.63, 3.8) is 0 Å². The van der Waals surface area contributed by atoms with E-state index >= 15 is 0 Å². The number of ketones is 2. The molecule has 0 aliphatic heterocycles. The zero-order valence-corrected chi connectivity index (χ0v) is 29.3. The first-order valence-corrected chi connectivity index (χ1v) is 17.2. The van der Waals surface area contributed by atoms with Crippen molar-refractivity contribution in [1.82, 2.24) is 0 Å². The number of hydrogen-bond acceptors (Lipinski definition) is 4. The van der Waals surface area contributed by atoms with Crippen LogP contribution in [-0.2, 0) is 5.60 Å². The number of ether oxygens (including phenoxy) is 2. The Hall–Kier alpha value is -5.74. The molecule has 0 aliphatic carbocycles. The number of rotatable bonds is 12. The minimum Gasteiger partial charge on any atom is -0.483 e. The fraction of sp³-hybridized carbons (Fsp3) is 0.174. The van der Waals surface area contributed by atoms with Gasteiger partial charge in [0.2, 0.25) is 0 Å². The molecule has 6 aromatic rings. The van der Waals surface area contributed by atoms with E-state index in [1.165, 1.54) is 5.56 Å². The Balaban J connectivity index is 1.07. The topological polar surface area (TPSA) is 52.6 Å². The van der Waals surface area contributed by atoms with Gasteiger partial charge in [0, 0.05) is 22.3 Å². The highest BCUT2D eigenvalue weighted by Crippen LogP contribution is 2.33. The predicted molar refractivity (Wildman–Crippen MR) is 202 cm³/mol. The molecule has 0 N–H and O–H groups in total. The molecular formula is C46H42O4. The summed E-state index contributed by atoms with van der Waals surface area (Å²) >= 11 is 0. The van der Waals surface area contributed by atoms with Crippen LogP contribution in [0.15, 0.2) is 146 Å². The number of benzene rings is 6. The van der Waals surface area contributed by atoms with E-state index in [2.05, 4.69) is 39.8 Å². The smallest absolute Gasteiger partial charge is 0.193 e. The molecule has 4 nitrogen and oxygen atoms in total. The van der Waals surface area contributed by atoms with Crippen molar-refractivity contribution in [2.45, 2.75) is 52.6 Å². The maximum Gasteiger partial charge on any atom is 0.193 e. The minimum atomic E-state index is -0.559. The van der Waals surface area contributed by atoms with Crippen molar-refractivity contribution in [1.29, 1.82) is 0 Å². The van der Waals surface area contributed by atoms with Gasteiger partial charge >= 0.3 is 0 Å². The van der Waals surface area contributed by atoms with Crippen LogP contribution >= 0.6 is 0 Å². The van der Waals surface area contributed by atoms with Gasteiger partial charge in [0.05, 0.1) is 0 Å². The molecular weight excluding hydrogens is 617 g/mol. The Kier molecular flexibility index (Phi) is 10.1. The Morgan fingerprint density at radius 1 is 0.540 bits per heavy atom. The van der Waals surface area contributed by atoms with Gasteiger partial charge in [-0.3, -0.25) is 9.59 Å². The third-order valence-electron chi connectivity index (χ3n) is 9.32. The summed E-state index contributed by atoms with van der Waals surface area (Å²) in [6, 6.07) is 46.5. The molecule has 0 aromatic heterocycles. The van der Waals surface area contributed by atoms with E-state index in [1.54, 1.807) is 12.1 Å². The molecule has 4 heteroatoms. The van der Waals surface area contributed by atoms with E-state index in [4.69, 9.17) is 9.47 Å². The average Bonchev–Trinajstić information content (AvgIpc) is 3.15. The van der Waals surface area contributed by atoms with Gasteiger partial charge < -0.3 is 9.47 Å². The maximum atomic E-state index is 13.0. The summed E-state index contributed by atoms with van der Waals surface area (Å²) in [6.07, 6.45) is 0.757. The first-order chi connectivity index (χ1) is 24.1. The zero-order valence-electron chi connectivity index (χ0n) is 29.3. The summed E-state index contributed by atoms with van der Waals surface area (Å²) in [7, 11) is 0. The van der Waals surface area contributed by atoms with Crippen LogP contribution in [0.5, 0.6) is 17.2 Å². The molecule has 1 unspecified atom stereocenters. The SMILES string of the molecule is CCC(C)(Oc1ccc(-c2ccc(Oc3ccc(C(=O)c4ccc(C(C)C)cc4)cc3)cc2)cc1)c1ccc(C(=O)c2ccc(C)cc2)cc1. The summed E-state index contributed by atoms with van der Waals surface area (Å²) in [4.78, 5) is 25.9. The van der Waals surface area contributed by atoms with Crippen molar-refractivity contribution >= 4 is 11.6 Å². The van der Waals surface area contributed by atoms with Crippen LogP contribution in [0.4, 0.5) is 0 Å². The van der Waals surface area contributed by atoms with Gasteiger partial charge in [-0.25, -0.2) is 0 Å². The van der Waals surface area contributed by atoms with Crippen molar-refractivity contribution in [3.05, 3.63) is 185 Å². The van der Waals surface area contributed by atoms with Gasteiger partial charge in [-0.05, 0) is 97.0 Å². The summed E-state index contributed by atoms with van der Waals surface area (Å²) in [5, 5.41) is 0. The third-order valence-corrected chi connectivity index (χ3v) is 9.32. The van der Waals surface area contributed by atoms with Gasteiger partial charge in [0.15, 0.2) is 11.6 Å². The molecule has 0 bridgehead atoms. The summed E-state index contributed by atoms with van der Waals surface area (Å²) in [6.45, 7) is 10.5. The highest BCUT2D eigenvalue weighted by Gasteiger charge is 2.27. The molecule has 0 radical (unpaired) electrons. The Bertz CT molecular complexity index is 2060. The summed E-state index contributed by atoms with van der Waals surface area (Å²) < 4.78 is 12.6. The van der Waals surface area contributed by atoms with Crippen LogP contribution in [0.1, 0.15) is 88.6 Å². The van der Waals surface area contributed by atoms with E-state index in [0.717, 1.165) is 34.4 Å². The second-order valence-corrected chi connectivity index (χ2v) is 13.2. The fourth-order valence-corrected chi connectivity index (χ4v) is 5.87. The van der Waals surface area contributed by atoms with Crippen LogP contribution in [-0.4, -0.2) is 11.6 Å². The van der Waals surface area contributed by atoms with Gasteiger partial charge in [-0.2, -0.15) is 0 Å². The molecule has 0 amide bonds. The van der Waals surface area contributed by atoms with E-state index < -0.39 is 5.60 Å². The van der Waals surface area contributed by atoms with E-state index in [-0.39, 0.29) is 11.6 Å². The van der Waals surface area contributed by atoms with E-state index in [9.17, 15) is 9.59 Å². The Labute approximate surface area is 295 Å². The molecule has 0 spiro atoms. The van der Waals surface area contributed by atoms with Gasteiger partial charge in [-0.15, -0.1) is 0 Å². The van der Waals surface area contributed by atoms with Crippen LogP contribution in [0.3, 0.4) is 0 Å². The van der Waals surface area contributed by atoms with Crippen molar-refractivity contribution in [2.75, 3.05) is 0 Å². The number of aryl methyl sites for hydroxylation is 1. The fourth-order valence-electron chi connectivity index (χ4n) is 5.87. The standard InChI is InChI=1S/C46H42O4/c1-6-46(5,40-23-15-38(16-24-40)44(47)36-9-7-32(4)8-10-36)50-43-29-19-35(20-30-43)34-17-25-41(26-18-34)49-42-27-21-39(22-28-42)45(48)37-13-11-33(12-14-37)31(2)3/h7-31H,6H2,1-5H3. The van der Waals surface area contributed by atoms with Gasteiger partial charge in [0.25, 0.3) is 0 Å². The van der Waals surface area contributed by atoms with Gasteiger partial charge in [0.1, 0.15) is 22.8 Å².